The summed E-state index contributed by atoms with van der Waals surface area (Å²) in [4.78, 5) is 0. The second-order valence-corrected chi connectivity index (χ2v) is 11.1. The lowest BCUT2D eigenvalue weighted by Crippen LogP contribution is -2.54. The zero-order valence-corrected chi connectivity index (χ0v) is 18.0. The van der Waals surface area contributed by atoms with Gasteiger partial charge >= 0.3 is 0 Å². The van der Waals surface area contributed by atoms with Crippen molar-refractivity contribution in [2.45, 2.75) is 80.2 Å². The van der Waals surface area contributed by atoms with Crippen LogP contribution in [0.15, 0.2) is 0 Å². The van der Waals surface area contributed by atoms with E-state index in [9.17, 15) is 0 Å². The van der Waals surface area contributed by atoms with Crippen LogP contribution >= 0.6 is 0 Å². The standard InChI is InChI=1S/C23H44N2/c1-15-12-21(16(2)17(3)22(15,4)5)25-11-10-24-14-18-8-9-19-13-20(18)23(19,6)7/h15-21,24-25H,8-14H2,1-7H3/t15?,16-,17?,18+,19?,20?,21-/m1/s1. The van der Waals surface area contributed by atoms with Crippen molar-refractivity contribution in [2.24, 2.45) is 46.3 Å². The van der Waals surface area contributed by atoms with E-state index in [1.54, 1.807) is 0 Å². The lowest BCUT2D eigenvalue weighted by Gasteiger charge is -2.60. The first kappa shape index (κ1) is 19.7. The molecule has 7 atom stereocenters. The van der Waals surface area contributed by atoms with E-state index in [-0.39, 0.29) is 0 Å². The second-order valence-electron chi connectivity index (χ2n) is 11.1. The summed E-state index contributed by atoms with van der Waals surface area (Å²) in [6.45, 7) is 20.8. The van der Waals surface area contributed by atoms with Crippen LogP contribution in [0.5, 0.6) is 0 Å². The summed E-state index contributed by atoms with van der Waals surface area (Å²) in [7, 11) is 0. The highest BCUT2D eigenvalue weighted by atomic mass is 15.0. The maximum absolute atomic E-state index is 3.88. The predicted octanol–water partition coefficient (Wildman–Crippen LogP) is 4.94. The van der Waals surface area contributed by atoms with Crippen molar-refractivity contribution in [1.29, 1.82) is 0 Å². The molecule has 2 nitrogen and oxygen atoms in total. The normalized spacial score (nSPS) is 45.0. The number of hydrogen-bond donors (Lipinski definition) is 2. The average molecular weight is 349 g/mol. The lowest BCUT2D eigenvalue weighted by molar-refractivity contribution is -0.103. The first-order valence-corrected chi connectivity index (χ1v) is 11.1. The predicted molar refractivity (Wildman–Crippen MR) is 109 cm³/mol. The maximum atomic E-state index is 3.88. The van der Waals surface area contributed by atoms with E-state index in [2.05, 4.69) is 59.1 Å². The average Bonchev–Trinajstić information content (AvgIpc) is 2.57. The van der Waals surface area contributed by atoms with Crippen LogP contribution in [0.25, 0.3) is 0 Å². The SMILES string of the molecule is CC1C[C@@H](NCCNC[C@@H]2CCC3CC2C3(C)C)[C@H](C)C(C)C1(C)C. The van der Waals surface area contributed by atoms with E-state index >= 15 is 0 Å². The molecule has 0 aromatic carbocycles. The molecule has 4 saturated carbocycles. The molecule has 4 rings (SSSR count). The van der Waals surface area contributed by atoms with E-state index in [1.165, 1.54) is 32.2 Å². The Kier molecular flexibility index (Phi) is 5.63. The van der Waals surface area contributed by atoms with Crippen LogP contribution in [0.4, 0.5) is 0 Å². The van der Waals surface area contributed by atoms with Gasteiger partial charge in [-0.2, -0.15) is 0 Å². The molecule has 25 heavy (non-hydrogen) atoms. The Labute approximate surface area is 157 Å². The van der Waals surface area contributed by atoms with Crippen molar-refractivity contribution < 1.29 is 0 Å². The largest absolute Gasteiger partial charge is 0.315 e. The molecule has 0 spiro atoms. The molecule has 146 valence electrons. The van der Waals surface area contributed by atoms with Crippen molar-refractivity contribution in [3.8, 4) is 0 Å². The molecular weight excluding hydrogens is 304 g/mol. The van der Waals surface area contributed by atoms with Gasteiger partial charge in [-0.3, -0.25) is 0 Å². The Morgan fingerprint density at radius 2 is 1.60 bits per heavy atom. The third-order valence-corrected chi connectivity index (χ3v) is 9.59. The fraction of sp³-hybridized carbons (Fsp3) is 1.00. The van der Waals surface area contributed by atoms with Gasteiger partial charge in [-0.15, -0.1) is 0 Å². The Balaban J connectivity index is 1.36. The number of nitrogens with one attached hydrogen (secondary N) is 2. The highest BCUT2D eigenvalue weighted by Crippen LogP contribution is 2.61. The zero-order valence-electron chi connectivity index (χ0n) is 18.0. The smallest absolute Gasteiger partial charge is 0.00987 e. The highest BCUT2D eigenvalue weighted by Gasteiger charge is 2.53. The molecule has 0 aromatic rings. The van der Waals surface area contributed by atoms with Crippen molar-refractivity contribution in [2.75, 3.05) is 19.6 Å². The van der Waals surface area contributed by atoms with Crippen molar-refractivity contribution in [3.63, 3.8) is 0 Å². The van der Waals surface area contributed by atoms with Crippen LogP contribution in [0.2, 0.25) is 0 Å². The van der Waals surface area contributed by atoms with Gasteiger partial charge in [0.2, 0.25) is 0 Å². The Morgan fingerprint density at radius 1 is 0.880 bits per heavy atom. The van der Waals surface area contributed by atoms with Crippen LogP contribution in [-0.2, 0) is 0 Å². The molecule has 0 aromatic heterocycles. The van der Waals surface area contributed by atoms with Crippen molar-refractivity contribution in [3.05, 3.63) is 0 Å². The number of hydrogen-bond acceptors (Lipinski definition) is 2. The molecule has 0 aliphatic heterocycles. The van der Waals surface area contributed by atoms with E-state index in [0.29, 0.717) is 16.9 Å². The van der Waals surface area contributed by atoms with Gasteiger partial charge in [0.05, 0.1) is 0 Å². The molecular formula is C23H44N2. The van der Waals surface area contributed by atoms with Crippen LogP contribution in [0.1, 0.15) is 74.1 Å². The molecule has 4 unspecified atom stereocenters. The van der Waals surface area contributed by atoms with Gasteiger partial charge in [0.15, 0.2) is 0 Å². The molecule has 0 radical (unpaired) electrons. The summed E-state index contributed by atoms with van der Waals surface area (Å²) >= 11 is 0. The summed E-state index contributed by atoms with van der Waals surface area (Å²) in [5.74, 6) is 5.30. The second kappa shape index (κ2) is 7.15. The minimum atomic E-state index is 0.476. The van der Waals surface area contributed by atoms with Crippen LogP contribution in [0, 0.1) is 46.3 Å². The Morgan fingerprint density at radius 3 is 2.24 bits per heavy atom. The highest BCUT2D eigenvalue weighted by molar-refractivity contribution is 5.03. The van der Waals surface area contributed by atoms with E-state index < -0.39 is 0 Å². The fourth-order valence-electron chi connectivity index (χ4n) is 6.48. The van der Waals surface area contributed by atoms with E-state index in [1.807, 2.05) is 0 Å². The first-order chi connectivity index (χ1) is 11.7. The molecule has 2 heteroatoms. The van der Waals surface area contributed by atoms with E-state index in [0.717, 1.165) is 48.6 Å². The minimum absolute atomic E-state index is 0.476. The van der Waals surface area contributed by atoms with Gasteiger partial charge in [0, 0.05) is 19.1 Å². The summed E-state index contributed by atoms with van der Waals surface area (Å²) in [5.41, 5.74) is 1.10. The summed E-state index contributed by atoms with van der Waals surface area (Å²) in [5, 5.41) is 7.66. The van der Waals surface area contributed by atoms with Crippen LogP contribution in [0.3, 0.4) is 0 Å². The molecule has 4 aliphatic carbocycles. The summed E-state index contributed by atoms with van der Waals surface area (Å²) < 4.78 is 0. The van der Waals surface area contributed by atoms with Crippen LogP contribution < -0.4 is 10.6 Å². The fourth-order valence-corrected chi connectivity index (χ4v) is 6.48. The van der Waals surface area contributed by atoms with Crippen molar-refractivity contribution >= 4 is 0 Å². The van der Waals surface area contributed by atoms with Crippen molar-refractivity contribution in [1.82, 2.24) is 10.6 Å². The minimum Gasteiger partial charge on any atom is -0.315 e. The maximum Gasteiger partial charge on any atom is 0.00987 e. The van der Waals surface area contributed by atoms with Crippen LogP contribution in [-0.4, -0.2) is 25.7 Å². The van der Waals surface area contributed by atoms with Gasteiger partial charge in [-0.05, 0) is 78.6 Å². The zero-order chi connectivity index (χ0) is 18.4. The number of fused-ring (bicyclic) bond motifs is 2. The van der Waals surface area contributed by atoms with Gasteiger partial charge in [0.25, 0.3) is 0 Å². The van der Waals surface area contributed by atoms with Gasteiger partial charge in [-0.1, -0.05) is 48.5 Å². The lowest BCUT2D eigenvalue weighted by atomic mass is 9.45. The Bertz CT molecular complexity index is 453. The Hall–Kier alpha value is -0.0800. The summed E-state index contributed by atoms with van der Waals surface area (Å²) in [6, 6.07) is 0.695. The quantitative estimate of drug-likeness (QED) is 0.664. The molecule has 0 saturated heterocycles. The molecule has 2 bridgehead atoms. The summed E-state index contributed by atoms with van der Waals surface area (Å²) in [6.07, 6.45) is 5.77. The molecule has 4 fully saturated rings. The third kappa shape index (κ3) is 3.55. The molecule has 0 heterocycles. The van der Waals surface area contributed by atoms with E-state index in [4.69, 9.17) is 0 Å². The molecule has 2 N–H and O–H groups in total. The monoisotopic (exact) mass is 348 g/mol. The molecule has 0 amide bonds. The molecule has 4 aliphatic rings. The topological polar surface area (TPSA) is 24.1 Å². The van der Waals surface area contributed by atoms with Gasteiger partial charge in [-0.25, -0.2) is 0 Å². The third-order valence-electron chi connectivity index (χ3n) is 9.59. The number of rotatable bonds is 6. The van der Waals surface area contributed by atoms with Gasteiger partial charge < -0.3 is 10.6 Å². The first-order valence-electron chi connectivity index (χ1n) is 11.1. The van der Waals surface area contributed by atoms with Gasteiger partial charge in [0.1, 0.15) is 0 Å².